The maximum atomic E-state index is 13.7. The van der Waals surface area contributed by atoms with Gasteiger partial charge in [-0.15, -0.1) is 5.10 Å². The molecule has 0 aliphatic carbocycles. The first-order valence-corrected chi connectivity index (χ1v) is 8.53. The minimum absolute atomic E-state index is 0.210. The molecule has 0 radical (unpaired) electrons. The van der Waals surface area contributed by atoms with Crippen LogP contribution in [0.5, 0.6) is 0 Å². The fourth-order valence-corrected chi connectivity index (χ4v) is 2.62. The largest absolute Gasteiger partial charge is 0.349 e. The fraction of sp³-hybridized carbons (Fsp3) is 0.263. The Hall–Kier alpha value is -3.13. The van der Waals surface area contributed by atoms with E-state index in [1.807, 2.05) is 19.0 Å². The second kappa shape index (κ2) is 8.05. The lowest BCUT2D eigenvalue weighted by Gasteiger charge is -2.11. The maximum Gasteiger partial charge on any atom is 0.274 e. The average Bonchev–Trinajstić information content (AvgIpc) is 3.09. The Bertz CT molecular complexity index is 939. The topological polar surface area (TPSA) is 75.9 Å². The lowest BCUT2D eigenvalue weighted by atomic mass is 10.1. The van der Waals surface area contributed by atoms with Crippen LogP contribution in [0.2, 0.25) is 0 Å². The number of pyridine rings is 1. The highest BCUT2D eigenvalue weighted by atomic mass is 19.1. The molecular formula is C19H21FN6O. The normalized spacial score (nSPS) is 11.0. The molecule has 0 spiro atoms. The van der Waals surface area contributed by atoms with E-state index in [2.05, 4.69) is 20.6 Å². The summed E-state index contributed by atoms with van der Waals surface area (Å²) in [4.78, 5) is 18.7. The van der Waals surface area contributed by atoms with Crippen LogP contribution in [0.1, 0.15) is 16.1 Å². The van der Waals surface area contributed by atoms with Crippen molar-refractivity contribution in [2.75, 3.05) is 27.2 Å². The standard InChI is InChI=1S/C19H21FN6O/c1-13-12-15(4-5-16(13)20)26-18(14-6-8-21-9-7-14)17(23-24-26)19(27)22-10-11-25(2)3/h4-9,12H,10-11H2,1-3H3,(H,22,27). The van der Waals surface area contributed by atoms with E-state index in [4.69, 9.17) is 0 Å². The molecule has 1 amide bonds. The van der Waals surface area contributed by atoms with Gasteiger partial charge in [-0.3, -0.25) is 9.78 Å². The molecular weight excluding hydrogens is 347 g/mol. The molecule has 8 heteroatoms. The molecule has 3 aromatic rings. The van der Waals surface area contributed by atoms with Gasteiger partial charge in [0.2, 0.25) is 0 Å². The zero-order chi connectivity index (χ0) is 19.4. The number of aryl methyl sites for hydroxylation is 1. The van der Waals surface area contributed by atoms with Crippen LogP contribution < -0.4 is 5.32 Å². The molecule has 0 atom stereocenters. The smallest absolute Gasteiger partial charge is 0.274 e. The van der Waals surface area contributed by atoms with Crippen molar-refractivity contribution >= 4 is 5.91 Å². The number of halogens is 1. The van der Waals surface area contributed by atoms with Crippen molar-refractivity contribution in [1.29, 1.82) is 0 Å². The SMILES string of the molecule is Cc1cc(-n2nnc(C(=O)NCCN(C)C)c2-c2ccncc2)ccc1F. The summed E-state index contributed by atoms with van der Waals surface area (Å²) in [6.45, 7) is 2.88. The molecule has 1 aromatic carbocycles. The summed E-state index contributed by atoms with van der Waals surface area (Å²) >= 11 is 0. The van der Waals surface area contributed by atoms with Gasteiger partial charge in [0, 0.05) is 31.0 Å². The highest BCUT2D eigenvalue weighted by molar-refractivity contribution is 5.98. The Morgan fingerprint density at radius 1 is 1.22 bits per heavy atom. The quantitative estimate of drug-likeness (QED) is 0.721. The molecule has 140 valence electrons. The molecule has 0 aliphatic heterocycles. The number of carbonyl (C=O) groups excluding carboxylic acids is 1. The van der Waals surface area contributed by atoms with Crippen LogP contribution in [0.3, 0.4) is 0 Å². The van der Waals surface area contributed by atoms with Crippen LogP contribution in [0.4, 0.5) is 4.39 Å². The van der Waals surface area contributed by atoms with Crippen molar-refractivity contribution in [1.82, 2.24) is 30.2 Å². The zero-order valence-corrected chi connectivity index (χ0v) is 15.5. The summed E-state index contributed by atoms with van der Waals surface area (Å²) in [5, 5.41) is 11.1. The van der Waals surface area contributed by atoms with E-state index in [9.17, 15) is 9.18 Å². The van der Waals surface area contributed by atoms with Gasteiger partial charge in [-0.25, -0.2) is 9.07 Å². The van der Waals surface area contributed by atoms with E-state index in [1.54, 1.807) is 48.3 Å². The summed E-state index contributed by atoms with van der Waals surface area (Å²) in [6, 6.07) is 8.21. The zero-order valence-electron chi connectivity index (χ0n) is 15.5. The highest BCUT2D eigenvalue weighted by Crippen LogP contribution is 2.25. The molecule has 0 aliphatic rings. The number of benzene rings is 1. The summed E-state index contributed by atoms with van der Waals surface area (Å²) < 4.78 is 15.2. The van der Waals surface area contributed by atoms with E-state index in [0.717, 1.165) is 5.56 Å². The predicted molar refractivity (Wildman–Crippen MR) is 100 cm³/mol. The van der Waals surface area contributed by atoms with Gasteiger partial charge in [-0.2, -0.15) is 0 Å². The Morgan fingerprint density at radius 2 is 1.96 bits per heavy atom. The molecule has 0 saturated carbocycles. The summed E-state index contributed by atoms with van der Waals surface area (Å²) in [5.41, 5.74) is 2.60. The second-order valence-electron chi connectivity index (χ2n) is 6.43. The molecule has 3 rings (SSSR count). The van der Waals surface area contributed by atoms with Gasteiger partial charge in [-0.1, -0.05) is 5.21 Å². The number of rotatable bonds is 6. The van der Waals surface area contributed by atoms with Crippen molar-refractivity contribution in [2.45, 2.75) is 6.92 Å². The van der Waals surface area contributed by atoms with Gasteiger partial charge >= 0.3 is 0 Å². The van der Waals surface area contributed by atoms with Gasteiger partial charge in [0.25, 0.3) is 5.91 Å². The fourth-order valence-electron chi connectivity index (χ4n) is 2.62. The van der Waals surface area contributed by atoms with Crippen LogP contribution in [0.25, 0.3) is 16.9 Å². The minimum atomic E-state index is -0.311. The summed E-state index contributed by atoms with van der Waals surface area (Å²) in [5.74, 6) is -0.611. The Labute approximate surface area is 156 Å². The third kappa shape index (κ3) is 4.17. The maximum absolute atomic E-state index is 13.7. The second-order valence-corrected chi connectivity index (χ2v) is 6.43. The molecule has 0 unspecified atom stereocenters. The van der Waals surface area contributed by atoms with Crippen molar-refractivity contribution in [3.8, 4) is 16.9 Å². The van der Waals surface area contributed by atoms with Crippen molar-refractivity contribution in [3.63, 3.8) is 0 Å². The van der Waals surface area contributed by atoms with Crippen LogP contribution >= 0.6 is 0 Å². The molecule has 0 saturated heterocycles. The number of hydrogen-bond donors (Lipinski definition) is 1. The first-order valence-electron chi connectivity index (χ1n) is 8.53. The highest BCUT2D eigenvalue weighted by Gasteiger charge is 2.22. The monoisotopic (exact) mass is 368 g/mol. The number of amides is 1. The number of aromatic nitrogens is 4. The number of carbonyl (C=O) groups is 1. The average molecular weight is 368 g/mol. The number of nitrogens with zero attached hydrogens (tertiary/aromatic N) is 5. The Morgan fingerprint density at radius 3 is 2.63 bits per heavy atom. The molecule has 2 aromatic heterocycles. The van der Waals surface area contributed by atoms with Crippen molar-refractivity contribution in [3.05, 3.63) is 59.8 Å². The van der Waals surface area contributed by atoms with Gasteiger partial charge in [0.15, 0.2) is 5.69 Å². The van der Waals surface area contributed by atoms with Crippen molar-refractivity contribution < 1.29 is 9.18 Å². The number of likely N-dealkylation sites (N-methyl/N-ethyl adjacent to an activating group) is 1. The van der Waals surface area contributed by atoms with E-state index in [0.29, 0.717) is 30.0 Å². The van der Waals surface area contributed by atoms with Crippen LogP contribution in [0.15, 0.2) is 42.7 Å². The summed E-state index contributed by atoms with van der Waals surface area (Å²) in [7, 11) is 3.86. The van der Waals surface area contributed by atoms with E-state index < -0.39 is 0 Å². The van der Waals surface area contributed by atoms with Gasteiger partial charge in [-0.05, 0) is 56.9 Å². The van der Waals surface area contributed by atoms with Gasteiger partial charge in [0.1, 0.15) is 11.5 Å². The number of nitrogens with one attached hydrogen (secondary N) is 1. The first kappa shape index (κ1) is 18.7. The minimum Gasteiger partial charge on any atom is -0.349 e. The van der Waals surface area contributed by atoms with Gasteiger partial charge in [0.05, 0.1) is 5.69 Å². The Balaban J connectivity index is 2.03. The predicted octanol–water partition coefficient (Wildman–Crippen LogP) is 2.07. The lowest BCUT2D eigenvalue weighted by molar-refractivity contribution is 0.0946. The number of hydrogen-bond acceptors (Lipinski definition) is 5. The lowest BCUT2D eigenvalue weighted by Crippen LogP contribution is -2.31. The van der Waals surface area contributed by atoms with Crippen molar-refractivity contribution in [2.24, 2.45) is 0 Å². The van der Waals surface area contributed by atoms with Crippen LogP contribution in [-0.4, -0.2) is 58.0 Å². The third-order valence-corrected chi connectivity index (χ3v) is 4.07. The molecule has 27 heavy (non-hydrogen) atoms. The first-order chi connectivity index (χ1) is 13.0. The van der Waals surface area contributed by atoms with E-state index in [1.165, 1.54) is 6.07 Å². The Kier molecular flexibility index (Phi) is 5.56. The molecule has 7 nitrogen and oxygen atoms in total. The van der Waals surface area contributed by atoms with Crippen LogP contribution in [0, 0.1) is 12.7 Å². The van der Waals surface area contributed by atoms with Crippen LogP contribution in [-0.2, 0) is 0 Å². The molecule has 0 fully saturated rings. The molecule has 0 bridgehead atoms. The van der Waals surface area contributed by atoms with E-state index in [-0.39, 0.29) is 17.4 Å². The molecule has 1 N–H and O–H groups in total. The van der Waals surface area contributed by atoms with Gasteiger partial charge < -0.3 is 10.2 Å². The van der Waals surface area contributed by atoms with E-state index >= 15 is 0 Å². The summed E-state index contributed by atoms with van der Waals surface area (Å²) in [6.07, 6.45) is 3.27. The third-order valence-electron chi connectivity index (χ3n) is 4.07. The molecule has 2 heterocycles.